The number of hydrogen-bond donors (Lipinski definition) is 5. The Morgan fingerprint density at radius 1 is 0.562 bits per heavy atom. The molecule has 0 bridgehead atoms. The molecule has 1 amide bonds. The van der Waals surface area contributed by atoms with Crippen molar-refractivity contribution in [3.8, 4) is 23.0 Å². The Hall–Kier alpha value is -6.38. The molecule has 4 aromatic rings. The zero-order valence-corrected chi connectivity index (χ0v) is 41.0. The number of halogens is 2. The third-order valence-corrected chi connectivity index (χ3v) is 13.9. The summed E-state index contributed by atoms with van der Waals surface area (Å²) in [5.41, 5.74) is 9.30. The molecule has 6 heterocycles. The maximum atomic E-state index is 14.6. The third kappa shape index (κ3) is 13.6. The van der Waals surface area contributed by atoms with Crippen molar-refractivity contribution < 1.29 is 63.7 Å². The fraction of sp³-hybridized carbons (Fsp3) is 0.481. The van der Waals surface area contributed by atoms with E-state index in [2.05, 4.69) is 24.9 Å². The summed E-state index contributed by atoms with van der Waals surface area (Å²) in [4.78, 5) is 56.4. The number of Topliss-reactive ketones (excluding diaryl/α,β-unsaturated/α-hetero) is 2. The Kier molecular flexibility index (Phi) is 18.2. The molecule has 6 aliphatic rings. The number of carbonyl (C=O) groups excluding carboxylic acids is 3. The molecule has 4 aromatic carbocycles. The molecule has 17 nitrogen and oxygen atoms in total. The van der Waals surface area contributed by atoms with E-state index in [-0.39, 0.29) is 48.6 Å². The molecule has 0 unspecified atom stereocenters. The van der Waals surface area contributed by atoms with Gasteiger partial charge in [0.1, 0.15) is 32.5 Å². The molecule has 394 valence electrons. The van der Waals surface area contributed by atoms with Crippen LogP contribution in [0.15, 0.2) is 72.8 Å². The average molecular weight is 1020 g/mol. The van der Waals surface area contributed by atoms with Crippen molar-refractivity contribution in [3.05, 3.63) is 107 Å². The first-order valence-electron chi connectivity index (χ1n) is 25.4. The van der Waals surface area contributed by atoms with Crippen LogP contribution in [-0.2, 0) is 9.59 Å². The van der Waals surface area contributed by atoms with E-state index >= 15 is 0 Å². The number of amides is 1. The largest absolute Gasteiger partial charge is 0.486 e. The number of carbonyl (C=O) groups is 4. The summed E-state index contributed by atoms with van der Waals surface area (Å²) < 4.78 is 49.9. The summed E-state index contributed by atoms with van der Waals surface area (Å²) >= 11 is 0. The lowest BCUT2D eigenvalue weighted by atomic mass is 9.99. The van der Waals surface area contributed by atoms with Gasteiger partial charge in [-0.2, -0.15) is 0 Å². The number of likely N-dealkylation sites (tertiary alicyclic amines) is 2. The normalized spacial score (nSPS) is 18.9. The highest BCUT2D eigenvalue weighted by Gasteiger charge is 2.32. The fourth-order valence-corrected chi connectivity index (χ4v) is 9.55. The predicted molar refractivity (Wildman–Crippen MR) is 270 cm³/mol. The van der Waals surface area contributed by atoms with Crippen molar-refractivity contribution >= 4 is 34.8 Å². The van der Waals surface area contributed by atoms with Gasteiger partial charge in [0.05, 0.1) is 12.1 Å². The van der Waals surface area contributed by atoms with Crippen LogP contribution in [0.5, 0.6) is 23.0 Å². The second kappa shape index (κ2) is 25.0. The topological polar surface area (TPSA) is 217 Å². The van der Waals surface area contributed by atoms with Gasteiger partial charge >= 0.3 is 5.97 Å². The summed E-state index contributed by atoms with van der Waals surface area (Å²) in [5.74, 6) is -4.21. The number of fused-ring (bicyclic) bond motifs is 2. The Labute approximate surface area is 425 Å². The van der Waals surface area contributed by atoms with Gasteiger partial charge < -0.3 is 64.9 Å². The van der Waals surface area contributed by atoms with Crippen LogP contribution in [0.4, 0.5) is 20.2 Å². The Balaban J connectivity index is 0.000000178. The van der Waals surface area contributed by atoms with Crippen molar-refractivity contribution in [2.45, 2.75) is 75.7 Å². The number of carboxylic acid groups (broad SMARTS) is 1. The minimum Gasteiger partial charge on any atom is -0.486 e. The van der Waals surface area contributed by atoms with Gasteiger partial charge in [0.25, 0.3) is 11.7 Å². The number of nitrogens with two attached hydrogens (primary N) is 1. The van der Waals surface area contributed by atoms with Gasteiger partial charge in [0.2, 0.25) is 5.78 Å². The summed E-state index contributed by atoms with van der Waals surface area (Å²) in [5, 5.41) is 32.7. The lowest BCUT2D eigenvalue weighted by Crippen LogP contribution is -2.52. The second-order valence-electron chi connectivity index (χ2n) is 19.1. The average Bonchev–Trinajstić information content (AvgIpc) is 3.40. The molecule has 6 aliphatic heterocycles. The van der Waals surface area contributed by atoms with E-state index in [0.717, 1.165) is 83.0 Å². The minimum atomic E-state index is -1.41. The third-order valence-electron chi connectivity index (χ3n) is 13.9. The van der Waals surface area contributed by atoms with Crippen LogP contribution in [0.1, 0.15) is 96.8 Å². The van der Waals surface area contributed by atoms with Gasteiger partial charge in [-0.25, -0.2) is 13.6 Å². The number of rotatable bonds is 15. The highest BCUT2D eigenvalue weighted by Crippen LogP contribution is 2.38. The Morgan fingerprint density at radius 2 is 0.986 bits per heavy atom. The van der Waals surface area contributed by atoms with E-state index in [1.807, 2.05) is 24.3 Å². The number of piperidine rings is 2. The van der Waals surface area contributed by atoms with Crippen LogP contribution in [-0.4, -0.2) is 153 Å². The fourth-order valence-electron chi connectivity index (χ4n) is 9.55. The first-order chi connectivity index (χ1) is 35.3. The van der Waals surface area contributed by atoms with Gasteiger partial charge in [-0.3, -0.25) is 14.4 Å². The molecule has 10 rings (SSSR count). The SMILES string of the molecule is N[C@H](CN1CCC1)[C@H](O)c1cc(F)c2c(c1)OCCO2.O=C(N[C@H](CN1CCC1)[C@H](O)c1cc(F)c2c(c1)OCCO2)C(=O)c1ccc(N2CCCCC2)cc1.O=C(O)C(=O)c1ccc(N2CCCCC2)cc1.[HH]. The van der Waals surface area contributed by atoms with Crippen molar-refractivity contribution in [2.24, 2.45) is 5.73 Å². The molecule has 0 aromatic heterocycles. The monoisotopic (exact) mass is 1010 g/mol. The number of aliphatic hydroxyl groups is 2. The van der Waals surface area contributed by atoms with Crippen LogP contribution in [0.25, 0.3) is 0 Å². The number of aliphatic carboxylic acids is 1. The number of nitrogens with zero attached hydrogens (tertiary/aromatic N) is 4. The molecule has 4 atom stereocenters. The van der Waals surface area contributed by atoms with E-state index in [1.54, 1.807) is 30.3 Å². The first kappa shape index (κ1) is 52.9. The van der Waals surface area contributed by atoms with Crippen LogP contribution < -0.4 is 39.8 Å². The van der Waals surface area contributed by atoms with Crippen molar-refractivity contribution in [2.75, 3.05) is 102 Å². The molecular weight excluding hydrogens is 947 g/mol. The second-order valence-corrected chi connectivity index (χ2v) is 19.1. The van der Waals surface area contributed by atoms with Crippen LogP contribution in [0, 0.1) is 11.6 Å². The molecule has 19 heteroatoms. The molecule has 0 radical (unpaired) electrons. The predicted octanol–water partition coefficient (Wildman–Crippen LogP) is 5.55. The molecule has 4 saturated heterocycles. The van der Waals surface area contributed by atoms with E-state index in [0.29, 0.717) is 37.6 Å². The van der Waals surface area contributed by atoms with Crippen LogP contribution in [0.2, 0.25) is 0 Å². The minimum absolute atomic E-state index is 0. The van der Waals surface area contributed by atoms with Crippen LogP contribution in [0.3, 0.4) is 0 Å². The summed E-state index contributed by atoms with van der Waals surface area (Å²) in [6.07, 6.45) is 7.22. The van der Waals surface area contributed by atoms with Gasteiger partial charge in [-0.1, -0.05) is 0 Å². The van der Waals surface area contributed by atoms with Gasteiger partial charge in [-0.15, -0.1) is 0 Å². The number of carboxylic acids is 1. The molecule has 73 heavy (non-hydrogen) atoms. The molecule has 0 aliphatic carbocycles. The number of nitrogens with one attached hydrogen (secondary N) is 1. The number of aliphatic hydroxyl groups excluding tert-OH is 2. The van der Waals surface area contributed by atoms with E-state index in [9.17, 15) is 38.2 Å². The summed E-state index contributed by atoms with van der Waals surface area (Å²) in [6, 6.07) is 18.2. The van der Waals surface area contributed by atoms with Crippen molar-refractivity contribution in [3.63, 3.8) is 0 Å². The first-order valence-corrected chi connectivity index (χ1v) is 25.4. The number of benzene rings is 4. The zero-order chi connectivity index (χ0) is 51.4. The van der Waals surface area contributed by atoms with E-state index in [1.165, 1.54) is 50.3 Å². The highest BCUT2D eigenvalue weighted by molar-refractivity contribution is 6.43. The summed E-state index contributed by atoms with van der Waals surface area (Å²) in [7, 11) is 0. The van der Waals surface area contributed by atoms with Gasteiger partial charge in [0, 0.05) is 69.2 Å². The van der Waals surface area contributed by atoms with E-state index < -0.39 is 59.4 Å². The van der Waals surface area contributed by atoms with Crippen molar-refractivity contribution in [1.29, 1.82) is 0 Å². The Bertz CT molecular complexity index is 2540. The number of ether oxygens (including phenoxy) is 4. The molecular formula is C54H68F2N6O11. The molecule has 4 fully saturated rings. The highest BCUT2D eigenvalue weighted by atomic mass is 19.1. The molecule has 0 saturated carbocycles. The quantitative estimate of drug-likeness (QED) is 0.0729. The van der Waals surface area contributed by atoms with Gasteiger partial charge in [-0.05, 0) is 161 Å². The van der Waals surface area contributed by atoms with Gasteiger partial charge in [0.15, 0.2) is 34.6 Å². The van der Waals surface area contributed by atoms with E-state index in [4.69, 9.17) is 29.8 Å². The molecule has 0 spiro atoms. The molecule has 6 N–H and O–H groups in total. The van der Waals surface area contributed by atoms with Crippen molar-refractivity contribution in [1.82, 2.24) is 15.1 Å². The number of ketones is 2. The van der Waals surface area contributed by atoms with Crippen LogP contribution >= 0.6 is 0 Å². The zero-order valence-electron chi connectivity index (χ0n) is 41.0. The smallest absolute Gasteiger partial charge is 0.377 e. The maximum absolute atomic E-state index is 14.6. The number of anilines is 2. The maximum Gasteiger partial charge on any atom is 0.377 e. The standard InChI is InChI=1S/C27H32FN3O5.C14H19FN2O3.C13H15NO3.H2/c28-21-15-19(16-23-26(21)36-14-13-35-23)24(32)22(17-30-9-4-10-30)29-27(34)25(33)18-5-7-20(8-6-18)31-11-2-1-3-12-31;15-10-6-9(7-12-14(10)20-5-4-19-12)13(18)11(16)8-17-2-1-3-17;15-12(13(16)17)10-4-6-11(7-5-10)14-8-2-1-3-9-14;/h5-8,15-16,22,24,32H,1-4,9-14,17H2,(H,29,34);6-7,11,13,18H,1-5,8,16H2;4-7H,1-3,8-9H2,(H,16,17);1H/t22-,24-;11-,13-;;/m11../s1. The lowest BCUT2D eigenvalue weighted by molar-refractivity contribution is -0.131. The number of hydrogen-bond acceptors (Lipinski definition) is 15. The summed E-state index contributed by atoms with van der Waals surface area (Å²) in [6.45, 7) is 9.93. The Morgan fingerprint density at radius 3 is 1.42 bits per heavy atom. The lowest BCUT2D eigenvalue weighted by Gasteiger charge is -2.36.